The molecule has 4 aromatic rings. The normalized spacial score (nSPS) is 26.3. The second-order valence-corrected chi connectivity index (χ2v) is 9.76. The van der Waals surface area contributed by atoms with Crippen molar-refractivity contribution in [3.05, 3.63) is 144 Å². The van der Waals surface area contributed by atoms with Gasteiger partial charge in [0, 0.05) is 0 Å². The summed E-state index contributed by atoms with van der Waals surface area (Å²) < 4.78 is 0. The zero-order chi connectivity index (χ0) is 22.2. The Kier molecular flexibility index (Phi) is 5.23. The van der Waals surface area contributed by atoms with Gasteiger partial charge in [0.1, 0.15) is 0 Å². The summed E-state index contributed by atoms with van der Waals surface area (Å²) in [5, 5.41) is 2.76. The Morgan fingerprint density at radius 3 is 2.12 bits per heavy atom. The van der Waals surface area contributed by atoms with Crippen LogP contribution in [-0.4, -0.2) is 0 Å². The molecule has 0 N–H and O–H groups in total. The summed E-state index contributed by atoms with van der Waals surface area (Å²) in [4.78, 5) is 0. The molecule has 0 heterocycles. The average Bonchev–Trinajstić information content (AvgIpc) is 2.86. The fourth-order valence-electron chi connectivity index (χ4n) is 6.45. The monoisotopic (exact) mass is 426 g/mol. The number of benzene rings is 4. The van der Waals surface area contributed by atoms with Crippen LogP contribution in [0.15, 0.2) is 121 Å². The van der Waals surface area contributed by atoms with E-state index in [0.29, 0.717) is 29.6 Å². The van der Waals surface area contributed by atoms with Crippen LogP contribution in [0.3, 0.4) is 0 Å². The molecule has 162 valence electrons. The molecule has 0 heteroatoms. The number of hydrogen-bond acceptors (Lipinski definition) is 0. The Morgan fingerprint density at radius 2 is 1.33 bits per heavy atom. The van der Waals surface area contributed by atoms with Gasteiger partial charge in [0.05, 0.1) is 0 Å². The lowest BCUT2D eigenvalue weighted by atomic mass is 9.47. The van der Waals surface area contributed by atoms with Crippen LogP contribution in [0.25, 0.3) is 10.8 Å². The van der Waals surface area contributed by atoms with Gasteiger partial charge in [-0.2, -0.15) is 0 Å². The predicted octanol–water partition coefficient (Wildman–Crippen LogP) is 8.56. The highest BCUT2D eigenvalue weighted by molar-refractivity contribution is 5.86. The fourth-order valence-corrected chi connectivity index (χ4v) is 6.45. The van der Waals surface area contributed by atoms with Crippen LogP contribution >= 0.6 is 0 Å². The molecule has 4 aromatic carbocycles. The number of aryl methyl sites for hydroxylation is 1. The number of allylic oxidation sites excluding steroid dienone is 4. The topological polar surface area (TPSA) is 0 Å². The van der Waals surface area contributed by atoms with E-state index in [9.17, 15) is 0 Å². The SMILES string of the molecule is Cc1ccc(C2C(c3ccccc3)C(c3cccc4ccccc34)C2C2C=CC=CC2)cc1. The number of fused-ring (bicyclic) bond motifs is 1. The van der Waals surface area contributed by atoms with Crippen LogP contribution < -0.4 is 0 Å². The first-order valence-electron chi connectivity index (χ1n) is 12.2. The Bertz CT molecular complexity index is 1300. The van der Waals surface area contributed by atoms with Crippen molar-refractivity contribution in [2.24, 2.45) is 11.8 Å². The minimum absolute atomic E-state index is 0.476. The van der Waals surface area contributed by atoms with E-state index in [-0.39, 0.29) is 0 Å². The van der Waals surface area contributed by atoms with Crippen LogP contribution in [0.4, 0.5) is 0 Å². The van der Waals surface area contributed by atoms with Crippen molar-refractivity contribution in [3.63, 3.8) is 0 Å². The molecule has 0 aliphatic heterocycles. The summed E-state index contributed by atoms with van der Waals surface area (Å²) >= 11 is 0. The van der Waals surface area contributed by atoms with Gasteiger partial charge in [-0.1, -0.05) is 127 Å². The van der Waals surface area contributed by atoms with Crippen molar-refractivity contribution in [2.45, 2.75) is 31.1 Å². The lowest BCUT2D eigenvalue weighted by Crippen LogP contribution is -2.45. The maximum absolute atomic E-state index is 2.46. The third-order valence-electron chi connectivity index (χ3n) is 7.94. The lowest BCUT2D eigenvalue weighted by Gasteiger charge is -2.56. The zero-order valence-corrected chi connectivity index (χ0v) is 19.1. The highest BCUT2D eigenvalue weighted by atomic mass is 14.6. The van der Waals surface area contributed by atoms with Crippen LogP contribution in [-0.2, 0) is 0 Å². The van der Waals surface area contributed by atoms with E-state index in [1.165, 1.54) is 33.0 Å². The molecule has 33 heavy (non-hydrogen) atoms. The molecular weight excluding hydrogens is 396 g/mol. The van der Waals surface area contributed by atoms with E-state index >= 15 is 0 Å². The van der Waals surface area contributed by atoms with E-state index in [4.69, 9.17) is 0 Å². The molecule has 0 bridgehead atoms. The summed E-state index contributed by atoms with van der Waals surface area (Å²) in [6, 6.07) is 36.4. The van der Waals surface area contributed by atoms with E-state index in [0.717, 1.165) is 6.42 Å². The van der Waals surface area contributed by atoms with Gasteiger partial charge in [0.15, 0.2) is 0 Å². The van der Waals surface area contributed by atoms with Crippen molar-refractivity contribution in [2.75, 3.05) is 0 Å². The molecule has 0 amide bonds. The van der Waals surface area contributed by atoms with Gasteiger partial charge in [-0.15, -0.1) is 0 Å². The Hall–Kier alpha value is -3.38. The molecule has 2 aliphatic rings. The first kappa shape index (κ1) is 20.2. The van der Waals surface area contributed by atoms with Gasteiger partial charge < -0.3 is 0 Å². The van der Waals surface area contributed by atoms with Crippen LogP contribution in [0.1, 0.15) is 46.4 Å². The molecule has 1 saturated carbocycles. The van der Waals surface area contributed by atoms with Crippen molar-refractivity contribution >= 4 is 10.8 Å². The van der Waals surface area contributed by atoms with Crippen molar-refractivity contribution < 1.29 is 0 Å². The van der Waals surface area contributed by atoms with Gasteiger partial charge in [0.2, 0.25) is 0 Å². The molecule has 0 radical (unpaired) electrons. The van der Waals surface area contributed by atoms with E-state index in [1.54, 1.807) is 0 Å². The Balaban J connectivity index is 1.54. The summed E-state index contributed by atoms with van der Waals surface area (Å²) in [7, 11) is 0. The molecule has 6 rings (SSSR count). The first-order valence-corrected chi connectivity index (χ1v) is 12.2. The van der Waals surface area contributed by atoms with Gasteiger partial charge in [0.25, 0.3) is 0 Å². The van der Waals surface area contributed by atoms with Gasteiger partial charge in [-0.3, -0.25) is 0 Å². The maximum atomic E-state index is 2.46. The smallest absolute Gasteiger partial charge is 0.00178 e. The van der Waals surface area contributed by atoms with Crippen molar-refractivity contribution in [3.8, 4) is 0 Å². The predicted molar refractivity (Wildman–Crippen MR) is 140 cm³/mol. The van der Waals surface area contributed by atoms with Crippen molar-refractivity contribution in [1.29, 1.82) is 0 Å². The average molecular weight is 427 g/mol. The fraction of sp³-hybridized carbons (Fsp3) is 0.212. The van der Waals surface area contributed by atoms with Gasteiger partial charge >= 0.3 is 0 Å². The van der Waals surface area contributed by atoms with Crippen molar-refractivity contribution in [1.82, 2.24) is 0 Å². The quantitative estimate of drug-likeness (QED) is 0.306. The molecule has 2 aliphatic carbocycles. The molecule has 0 aromatic heterocycles. The summed E-state index contributed by atoms with van der Waals surface area (Å²) in [6.07, 6.45) is 10.4. The van der Waals surface area contributed by atoms with Crippen LogP contribution in [0.2, 0.25) is 0 Å². The third-order valence-corrected chi connectivity index (χ3v) is 7.94. The molecule has 1 fully saturated rings. The molecule has 0 spiro atoms. The third kappa shape index (κ3) is 3.55. The summed E-state index contributed by atoms with van der Waals surface area (Å²) in [5.41, 5.74) is 5.79. The Labute approximate surface area is 197 Å². The molecule has 5 unspecified atom stereocenters. The summed E-state index contributed by atoms with van der Waals surface area (Å²) in [6.45, 7) is 2.18. The maximum Gasteiger partial charge on any atom is -0.00178 e. The largest absolute Gasteiger partial charge is 0.0840 e. The Morgan fingerprint density at radius 1 is 0.606 bits per heavy atom. The van der Waals surface area contributed by atoms with Gasteiger partial charge in [-0.25, -0.2) is 0 Å². The summed E-state index contributed by atoms with van der Waals surface area (Å²) in [5.74, 6) is 2.61. The minimum atomic E-state index is 0.476. The minimum Gasteiger partial charge on any atom is -0.0840 e. The lowest BCUT2D eigenvalue weighted by molar-refractivity contribution is 0.112. The molecule has 5 atom stereocenters. The second-order valence-electron chi connectivity index (χ2n) is 9.76. The zero-order valence-electron chi connectivity index (χ0n) is 19.1. The molecule has 0 saturated heterocycles. The first-order chi connectivity index (χ1) is 16.3. The number of rotatable bonds is 4. The molecular formula is C33H30. The standard InChI is InChI=1S/C33H30/c1-23-19-21-27(22-20-23)30-31(25-12-4-2-5-13-25)33(32(30)26-14-6-3-7-15-26)29-18-10-16-24-11-8-9-17-28(24)29/h2-14,16-22,26,30-33H,15H2,1H3. The number of hydrogen-bond donors (Lipinski definition) is 0. The van der Waals surface area contributed by atoms with Crippen LogP contribution in [0, 0.1) is 18.8 Å². The molecule has 0 nitrogen and oxygen atoms in total. The van der Waals surface area contributed by atoms with E-state index in [2.05, 4.69) is 128 Å². The highest BCUT2D eigenvalue weighted by Crippen LogP contribution is 2.66. The van der Waals surface area contributed by atoms with E-state index < -0.39 is 0 Å². The van der Waals surface area contributed by atoms with Gasteiger partial charge in [-0.05, 0) is 70.4 Å². The second kappa shape index (κ2) is 8.52. The highest BCUT2D eigenvalue weighted by Gasteiger charge is 2.54. The van der Waals surface area contributed by atoms with Crippen LogP contribution in [0.5, 0.6) is 0 Å². The van der Waals surface area contributed by atoms with E-state index in [1.807, 2.05) is 0 Å².